The van der Waals surface area contributed by atoms with Gasteiger partial charge in [0.25, 0.3) is 5.91 Å². The van der Waals surface area contributed by atoms with Gasteiger partial charge in [0, 0.05) is 21.5 Å². The van der Waals surface area contributed by atoms with E-state index in [4.69, 9.17) is 20.8 Å². The van der Waals surface area contributed by atoms with E-state index in [-0.39, 0.29) is 17.5 Å². The Kier molecular flexibility index (Phi) is 5.87. The molecule has 0 saturated heterocycles. The van der Waals surface area contributed by atoms with Crippen LogP contribution in [0.15, 0.2) is 89.9 Å². The molecule has 1 N–H and O–H groups in total. The second-order valence-corrected chi connectivity index (χ2v) is 7.15. The van der Waals surface area contributed by atoms with Gasteiger partial charge < -0.3 is 14.5 Å². The molecule has 0 fully saturated rings. The molecule has 0 unspecified atom stereocenters. The SMILES string of the molecule is C=CCOc1ccc(C(=O)Nc2c(C(=O)c3ccc(Cl)cc3)oc3ccccc23)cc1. The van der Waals surface area contributed by atoms with Gasteiger partial charge in [-0.3, -0.25) is 9.59 Å². The molecule has 1 amide bonds. The Morgan fingerprint density at radius 3 is 2.35 bits per heavy atom. The number of fused-ring (bicyclic) bond motifs is 1. The Morgan fingerprint density at radius 2 is 1.65 bits per heavy atom. The zero-order valence-electron chi connectivity index (χ0n) is 16.4. The number of ether oxygens (including phenoxy) is 1. The fourth-order valence-corrected chi connectivity index (χ4v) is 3.23. The normalized spacial score (nSPS) is 10.6. The highest BCUT2D eigenvalue weighted by Gasteiger charge is 2.23. The van der Waals surface area contributed by atoms with Crippen LogP contribution < -0.4 is 10.1 Å². The number of anilines is 1. The molecule has 5 nitrogen and oxygen atoms in total. The summed E-state index contributed by atoms with van der Waals surface area (Å²) in [4.78, 5) is 26.0. The van der Waals surface area contributed by atoms with Crippen LogP contribution in [0.4, 0.5) is 5.69 Å². The summed E-state index contributed by atoms with van der Waals surface area (Å²) >= 11 is 5.93. The molecule has 0 atom stereocenters. The molecule has 0 aliphatic carbocycles. The first-order chi connectivity index (χ1) is 15.1. The van der Waals surface area contributed by atoms with Crippen molar-refractivity contribution in [3.8, 4) is 5.75 Å². The molecule has 31 heavy (non-hydrogen) atoms. The largest absolute Gasteiger partial charge is 0.490 e. The summed E-state index contributed by atoms with van der Waals surface area (Å²) < 4.78 is 11.3. The minimum absolute atomic E-state index is 0.0582. The zero-order chi connectivity index (χ0) is 21.8. The molecule has 1 heterocycles. The fraction of sp³-hybridized carbons (Fsp3) is 0.0400. The van der Waals surface area contributed by atoms with E-state index in [1.165, 1.54) is 0 Å². The van der Waals surface area contributed by atoms with Gasteiger partial charge in [0.05, 0.1) is 5.69 Å². The number of rotatable bonds is 7. The van der Waals surface area contributed by atoms with Crippen molar-refractivity contribution >= 4 is 39.9 Å². The summed E-state index contributed by atoms with van der Waals surface area (Å²) in [6, 6.07) is 20.3. The summed E-state index contributed by atoms with van der Waals surface area (Å²) in [5, 5.41) is 4.00. The predicted octanol–water partition coefficient (Wildman–Crippen LogP) is 6.13. The number of carbonyl (C=O) groups excluding carboxylic acids is 2. The van der Waals surface area contributed by atoms with Gasteiger partial charge in [0.15, 0.2) is 5.76 Å². The quantitative estimate of drug-likeness (QED) is 0.282. The first-order valence-corrected chi connectivity index (χ1v) is 9.91. The van der Waals surface area contributed by atoms with Crippen molar-refractivity contribution in [2.24, 2.45) is 0 Å². The molecule has 0 aliphatic heterocycles. The maximum absolute atomic E-state index is 13.1. The third kappa shape index (κ3) is 4.37. The molecule has 4 aromatic rings. The highest BCUT2D eigenvalue weighted by Crippen LogP contribution is 2.33. The number of furan rings is 1. The Bertz CT molecular complexity index is 1260. The van der Waals surface area contributed by atoms with Crippen molar-refractivity contribution in [3.63, 3.8) is 0 Å². The van der Waals surface area contributed by atoms with Gasteiger partial charge in [-0.1, -0.05) is 36.4 Å². The highest BCUT2D eigenvalue weighted by molar-refractivity contribution is 6.30. The van der Waals surface area contributed by atoms with Crippen LogP contribution in [0, 0.1) is 0 Å². The number of hydrogen-bond acceptors (Lipinski definition) is 4. The van der Waals surface area contributed by atoms with Crippen LogP contribution in [0.3, 0.4) is 0 Å². The van der Waals surface area contributed by atoms with E-state index in [0.29, 0.717) is 45.2 Å². The van der Waals surface area contributed by atoms with Gasteiger partial charge in [-0.25, -0.2) is 0 Å². The van der Waals surface area contributed by atoms with Crippen LogP contribution >= 0.6 is 11.6 Å². The Labute approximate surface area is 183 Å². The molecule has 154 valence electrons. The third-order valence-corrected chi connectivity index (χ3v) is 4.88. The van der Waals surface area contributed by atoms with Crippen LogP contribution in [-0.2, 0) is 0 Å². The number of para-hydroxylation sites is 1. The standard InChI is InChI=1S/C25H18ClNO4/c1-2-15-30-19-13-9-17(10-14-19)25(29)27-22-20-5-3-4-6-21(20)31-24(22)23(28)16-7-11-18(26)12-8-16/h2-14H,1,15H2,(H,27,29). The van der Waals surface area contributed by atoms with Crippen molar-refractivity contribution in [2.75, 3.05) is 11.9 Å². The smallest absolute Gasteiger partial charge is 0.255 e. The third-order valence-electron chi connectivity index (χ3n) is 4.63. The monoisotopic (exact) mass is 431 g/mol. The second-order valence-electron chi connectivity index (χ2n) is 6.72. The Hall–Kier alpha value is -3.83. The van der Waals surface area contributed by atoms with E-state index >= 15 is 0 Å². The first-order valence-electron chi connectivity index (χ1n) is 9.53. The Morgan fingerprint density at radius 1 is 0.968 bits per heavy atom. The van der Waals surface area contributed by atoms with Crippen molar-refractivity contribution in [2.45, 2.75) is 0 Å². The molecule has 3 aromatic carbocycles. The van der Waals surface area contributed by atoms with Gasteiger partial charge >= 0.3 is 0 Å². The predicted molar refractivity (Wildman–Crippen MR) is 121 cm³/mol. The van der Waals surface area contributed by atoms with Gasteiger partial charge in [0.1, 0.15) is 17.9 Å². The van der Waals surface area contributed by atoms with Crippen LogP contribution in [-0.4, -0.2) is 18.3 Å². The van der Waals surface area contributed by atoms with Crippen LogP contribution in [0.2, 0.25) is 5.02 Å². The average molecular weight is 432 g/mol. The lowest BCUT2D eigenvalue weighted by Gasteiger charge is -2.08. The minimum atomic E-state index is -0.369. The van der Waals surface area contributed by atoms with E-state index in [0.717, 1.165) is 0 Å². The number of hydrogen-bond donors (Lipinski definition) is 1. The van der Waals surface area contributed by atoms with Crippen molar-refractivity contribution in [1.82, 2.24) is 0 Å². The number of amides is 1. The molecule has 4 rings (SSSR count). The number of nitrogens with one attached hydrogen (secondary N) is 1. The highest BCUT2D eigenvalue weighted by atomic mass is 35.5. The molecule has 0 radical (unpaired) electrons. The molecule has 0 spiro atoms. The Balaban J connectivity index is 1.67. The maximum atomic E-state index is 13.1. The van der Waals surface area contributed by atoms with E-state index in [2.05, 4.69) is 11.9 Å². The van der Waals surface area contributed by atoms with Crippen LogP contribution in [0.1, 0.15) is 26.5 Å². The van der Waals surface area contributed by atoms with Gasteiger partial charge in [0.2, 0.25) is 5.78 Å². The van der Waals surface area contributed by atoms with Crippen molar-refractivity contribution in [1.29, 1.82) is 0 Å². The molecular weight excluding hydrogens is 414 g/mol. The van der Waals surface area contributed by atoms with E-state index in [9.17, 15) is 9.59 Å². The lowest BCUT2D eigenvalue weighted by atomic mass is 10.1. The van der Waals surface area contributed by atoms with Gasteiger partial charge in [-0.2, -0.15) is 0 Å². The van der Waals surface area contributed by atoms with Gasteiger partial charge in [-0.15, -0.1) is 0 Å². The number of ketones is 1. The summed E-state index contributed by atoms with van der Waals surface area (Å²) in [6.07, 6.45) is 1.64. The second kappa shape index (κ2) is 8.90. The van der Waals surface area contributed by atoms with Crippen LogP contribution in [0.5, 0.6) is 5.75 Å². The molecule has 0 aliphatic rings. The lowest BCUT2D eigenvalue weighted by molar-refractivity contribution is 0.101. The molecular formula is C25H18ClNO4. The number of carbonyl (C=O) groups is 2. The average Bonchev–Trinajstić information content (AvgIpc) is 3.16. The first kappa shape index (κ1) is 20.4. The number of benzene rings is 3. The zero-order valence-corrected chi connectivity index (χ0v) is 17.2. The molecule has 1 aromatic heterocycles. The minimum Gasteiger partial charge on any atom is -0.490 e. The van der Waals surface area contributed by atoms with E-state index < -0.39 is 0 Å². The van der Waals surface area contributed by atoms with Crippen molar-refractivity contribution in [3.05, 3.63) is 107 Å². The summed E-state index contributed by atoms with van der Waals surface area (Å²) in [5.41, 5.74) is 1.65. The van der Waals surface area contributed by atoms with Crippen LogP contribution in [0.25, 0.3) is 11.0 Å². The van der Waals surface area contributed by atoms with E-state index in [1.54, 1.807) is 72.8 Å². The van der Waals surface area contributed by atoms with Gasteiger partial charge in [-0.05, 0) is 60.7 Å². The summed E-state index contributed by atoms with van der Waals surface area (Å²) in [7, 11) is 0. The number of halogens is 1. The maximum Gasteiger partial charge on any atom is 0.255 e. The lowest BCUT2D eigenvalue weighted by Crippen LogP contribution is -2.14. The van der Waals surface area contributed by atoms with E-state index in [1.807, 2.05) is 6.07 Å². The molecule has 0 saturated carbocycles. The summed E-state index contributed by atoms with van der Waals surface area (Å²) in [6.45, 7) is 3.98. The topological polar surface area (TPSA) is 68.5 Å². The molecule has 6 heteroatoms. The van der Waals surface area contributed by atoms with Crippen molar-refractivity contribution < 1.29 is 18.7 Å². The molecule has 0 bridgehead atoms. The summed E-state index contributed by atoms with van der Waals surface area (Å²) in [5.74, 6) is -0.0325. The fourth-order valence-electron chi connectivity index (χ4n) is 3.11.